The summed E-state index contributed by atoms with van der Waals surface area (Å²) >= 11 is 0. The van der Waals surface area contributed by atoms with Crippen molar-refractivity contribution in [2.45, 2.75) is 45.4 Å². The molecule has 0 bridgehead atoms. The van der Waals surface area contributed by atoms with Crippen LogP contribution in [-0.2, 0) is 4.79 Å². The third-order valence-corrected chi connectivity index (χ3v) is 2.51. The second-order valence-electron chi connectivity index (χ2n) is 3.75. The summed E-state index contributed by atoms with van der Waals surface area (Å²) in [5.74, 6) is 0.284. The minimum Gasteiger partial charge on any atom is -0.396 e. The third-order valence-electron chi connectivity index (χ3n) is 2.51. The third kappa shape index (κ3) is 6.84. The maximum atomic E-state index is 11.1. The Morgan fingerprint density at radius 1 is 1.36 bits per heavy atom. The number of aliphatic hydroxyl groups is 1. The zero-order valence-corrected chi connectivity index (χ0v) is 9.17. The van der Waals surface area contributed by atoms with E-state index in [0.29, 0.717) is 6.42 Å². The zero-order valence-electron chi connectivity index (χ0n) is 9.17. The van der Waals surface area contributed by atoms with Crippen LogP contribution < -0.4 is 0 Å². The van der Waals surface area contributed by atoms with Crippen LogP contribution in [0.2, 0.25) is 0 Å². The number of ketones is 1. The minimum atomic E-state index is 0.0729. The molecule has 0 heterocycles. The van der Waals surface area contributed by atoms with E-state index in [4.69, 9.17) is 5.11 Å². The predicted molar refractivity (Wildman–Crippen MR) is 59.2 cm³/mol. The topological polar surface area (TPSA) is 37.3 Å². The number of carbonyl (C=O) groups is 1. The lowest BCUT2D eigenvalue weighted by Gasteiger charge is -2.11. The largest absolute Gasteiger partial charge is 0.396 e. The highest BCUT2D eigenvalue weighted by atomic mass is 16.3. The van der Waals surface area contributed by atoms with Gasteiger partial charge in [-0.05, 0) is 32.6 Å². The predicted octanol–water partition coefficient (Wildman–Crippen LogP) is 2.71. The molecule has 0 rings (SSSR count). The molecule has 0 saturated carbocycles. The van der Waals surface area contributed by atoms with Gasteiger partial charge in [-0.25, -0.2) is 0 Å². The van der Waals surface area contributed by atoms with Gasteiger partial charge in [-0.1, -0.05) is 18.9 Å². The van der Waals surface area contributed by atoms with E-state index in [0.717, 1.165) is 32.1 Å². The molecule has 0 fully saturated rings. The fourth-order valence-electron chi connectivity index (χ4n) is 1.56. The van der Waals surface area contributed by atoms with Crippen LogP contribution in [0, 0.1) is 5.92 Å². The molecule has 2 nitrogen and oxygen atoms in total. The average Bonchev–Trinajstić information content (AvgIpc) is 2.15. The highest BCUT2D eigenvalue weighted by Gasteiger charge is 2.12. The lowest BCUT2D eigenvalue weighted by Crippen LogP contribution is -2.12. The Kier molecular flexibility index (Phi) is 8.54. The van der Waals surface area contributed by atoms with E-state index >= 15 is 0 Å². The molecular formula is C12H22O2. The second kappa shape index (κ2) is 8.95. The molecular weight excluding hydrogens is 176 g/mol. The molecule has 2 heteroatoms. The summed E-state index contributed by atoms with van der Waals surface area (Å²) < 4.78 is 0. The van der Waals surface area contributed by atoms with Gasteiger partial charge in [0.2, 0.25) is 0 Å². The van der Waals surface area contributed by atoms with Gasteiger partial charge in [0.05, 0.1) is 0 Å². The average molecular weight is 198 g/mol. The lowest BCUT2D eigenvalue weighted by molar-refractivity contribution is -0.121. The Morgan fingerprint density at radius 3 is 2.57 bits per heavy atom. The number of aliphatic hydroxyl groups excluding tert-OH is 1. The van der Waals surface area contributed by atoms with E-state index in [9.17, 15) is 4.79 Å². The quantitative estimate of drug-likeness (QED) is 0.457. The monoisotopic (exact) mass is 198 g/mol. The number of allylic oxidation sites excluding steroid dienone is 1. The van der Waals surface area contributed by atoms with E-state index in [1.54, 1.807) is 6.92 Å². The first-order valence-electron chi connectivity index (χ1n) is 5.44. The Hall–Kier alpha value is -0.630. The van der Waals surface area contributed by atoms with E-state index in [-0.39, 0.29) is 18.3 Å². The standard InChI is InChI=1S/C12H22O2/c1-3-4-5-6-7-8-12(9-10-13)11(2)14/h3,12-13H,1,4-10H2,2H3. The summed E-state index contributed by atoms with van der Waals surface area (Å²) in [6.45, 7) is 5.40. The molecule has 0 spiro atoms. The SMILES string of the molecule is C=CCCCCCC(CCO)C(C)=O. The normalized spacial score (nSPS) is 12.4. The maximum Gasteiger partial charge on any atom is 0.132 e. The van der Waals surface area contributed by atoms with Crippen LogP contribution in [0.5, 0.6) is 0 Å². The van der Waals surface area contributed by atoms with Crippen molar-refractivity contribution in [1.29, 1.82) is 0 Å². The number of unbranched alkanes of at least 4 members (excludes halogenated alkanes) is 3. The molecule has 14 heavy (non-hydrogen) atoms. The maximum absolute atomic E-state index is 11.1. The van der Waals surface area contributed by atoms with E-state index < -0.39 is 0 Å². The summed E-state index contributed by atoms with van der Waals surface area (Å²) in [5, 5.41) is 8.76. The van der Waals surface area contributed by atoms with Gasteiger partial charge in [0.15, 0.2) is 0 Å². The lowest BCUT2D eigenvalue weighted by atomic mass is 9.94. The van der Waals surface area contributed by atoms with Crippen LogP contribution in [0.3, 0.4) is 0 Å². The van der Waals surface area contributed by atoms with Crippen molar-refractivity contribution in [2.75, 3.05) is 6.61 Å². The van der Waals surface area contributed by atoms with Crippen LogP contribution in [0.4, 0.5) is 0 Å². The molecule has 0 aliphatic rings. The number of hydrogen-bond donors (Lipinski definition) is 1. The van der Waals surface area contributed by atoms with Crippen LogP contribution in [-0.4, -0.2) is 17.5 Å². The van der Waals surface area contributed by atoms with Gasteiger partial charge in [-0.3, -0.25) is 4.79 Å². The molecule has 0 aromatic carbocycles. The highest BCUT2D eigenvalue weighted by Crippen LogP contribution is 2.15. The van der Waals surface area contributed by atoms with Gasteiger partial charge < -0.3 is 5.11 Å². The molecule has 1 unspecified atom stereocenters. The van der Waals surface area contributed by atoms with Gasteiger partial charge >= 0.3 is 0 Å². The fraction of sp³-hybridized carbons (Fsp3) is 0.750. The minimum absolute atomic E-state index is 0.0729. The smallest absolute Gasteiger partial charge is 0.132 e. The summed E-state index contributed by atoms with van der Waals surface area (Å²) in [4.78, 5) is 11.1. The van der Waals surface area contributed by atoms with Gasteiger partial charge in [0.25, 0.3) is 0 Å². The molecule has 0 aromatic rings. The van der Waals surface area contributed by atoms with Crippen molar-refractivity contribution < 1.29 is 9.90 Å². The Morgan fingerprint density at radius 2 is 2.07 bits per heavy atom. The Bertz CT molecular complexity index is 164. The first kappa shape index (κ1) is 13.4. The van der Waals surface area contributed by atoms with Crippen LogP contribution in [0.1, 0.15) is 45.4 Å². The number of rotatable bonds is 9. The summed E-state index contributed by atoms with van der Waals surface area (Å²) in [7, 11) is 0. The molecule has 0 radical (unpaired) electrons. The summed E-state index contributed by atoms with van der Waals surface area (Å²) in [5.41, 5.74) is 0. The van der Waals surface area contributed by atoms with Crippen molar-refractivity contribution in [3.05, 3.63) is 12.7 Å². The van der Waals surface area contributed by atoms with Crippen LogP contribution in [0.25, 0.3) is 0 Å². The van der Waals surface area contributed by atoms with Crippen LogP contribution >= 0.6 is 0 Å². The van der Waals surface area contributed by atoms with Crippen molar-refractivity contribution >= 4 is 5.78 Å². The van der Waals surface area contributed by atoms with Crippen molar-refractivity contribution in [3.8, 4) is 0 Å². The van der Waals surface area contributed by atoms with Crippen LogP contribution in [0.15, 0.2) is 12.7 Å². The molecule has 82 valence electrons. The van der Waals surface area contributed by atoms with Gasteiger partial charge in [-0.15, -0.1) is 6.58 Å². The Balaban J connectivity index is 3.50. The van der Waals surface area contributed by atoms with E-state index in [1.807, 2.05) is 6.08 Å². The molecule has 0 saturated heterocycles. The molecule has 1 N–H and O–H groups in total. The second-order valence-corrected chi connectivity index (χ2v) is 3.75. The first-order chi connectivity index (χ1) is 6.72. The molecule has 0 aliphatic heterocycles. The van der Waals surface area contributed by atoms with Gasteiger partial charge in [0, 0.05) is 12.5 Å². The molecule has 0 aromatic heterocycles. The molecule has 0 aliphatic carbocycles. The number of Topliss-reactive ketones (excluding diaryl/α,β-unsaturated/α-hetero) is 1. The van der Waals surface area contributed by atoms with Crippen molar-refractivity contribution in [2.24, 2.45) is 5.92 Å². The highest BCUT2D eigenvalue weighted by molar-refractivity contribution is 5.78. The first-order valence-corrected chi connectivity index (χ1v) is 5.44. The van der Waals surface area contributed by atoms with E-state index in [2.05, 4.69) is 6.58 Å². The van der Waals surface area contributed by atoms with Crippen molar-refractivity contribution in [1.82, 2.24) is 0 Å². The number of hydrogen-bond acceptors (Lipinski definition) is 2. The Labute approximate surface area is 87.0 Å². The summed E-state index contributed by atoms with van der Waals surface area (Å²) in [6.07, 6.45) is 7.93. The molecule has 1 atom stereocenters. The van der Waals surface area contributed by atoms with E-state index in [1.165, 1.54) is 0 Å². The van der Waals surface area contributed by atoms with Gasteiger partial charge in [-0.2, -0.15) is 0 Å². The summed E-state index contributed by atoms with van der Waals surface area (Å²) in [6, 6.07) is 0. The fourth-order valence-corrected chi connectivity index (χ4v) is 1.56. The zero-order chi connectivity index (χ0) is 10.8. The molecule has 0 amide bonds. The van der Waals surface area contributed by atoms with Crippen molar-refractivity contribution in [3.63, 3.8) is 0 Å². The number of carbonyl (C=O) groups excluding carboxylic acids is 1. The van der Waals surface area contributed by atoms with Gasteiger partial charge in [0.1, 0.15) is 5.78 Å².